The molecule has 1 aromatic heterocycles. The Labute approximate surface area is 175 Å². The van der Waals surface area contributed by atoms with E-state index in [4.69, 9.17) is 19.9 Å². The monoisotopic (exact) mass is 408 g/mol. The van der Waals surface area contributed by atoms with Crippen molar-refractivity contribution in [2.24, 2.45) is 0 Å². The highest BCUT2D eigenvalue weighted by molar-refractivity contribution is 5.98. The number of carbonyl (C=O) groups is 2. The molecule has 1 heterocycles. The number of esters is 1. The van der Waals surface area contributed by atoms with Gasteiger partial charge in [0.25, 0.3) is 0 Å². The van der Waals surface area contributed by atoms with Gasteiger partial charge in [-0.3, -0.25) is 0 Å². The summed E-state index contributed by atoms with van der Waals surface area (Å²) in [5.74, 6) is 0.0476. The molecule has 0 amide bonds. The molecule has 3 rings (SSSR count). The van der Waals surface area contributed by atoms with E-state index in [0.717, 1.165) is 21.4 Å². The number of nitrogens with two attached hydrogens (primary N) is 1. The van der Waals surface area contributed by atoms with Crippen molar-refractivity contribution in [3.63, 3.8) is 0 Å². The van der Waals surface area contributed by atoms with E-state index in [1.165, 1.54) is 13.3 Å². The fourth-order valence-corrected chi connectivity index (χ4v) is 3.02. The summed E-state index contributed by atoms with van der Waals surface area (Å²) >= 11 is 0. The molecule has 0 aliphatic heterocycles. The highest BCUT2D eigenvalue weighted by Gasteiger charge is 2.25. The molecule has 7 nitrogen and oxygen atoms in total. The standard InChI is InChI=1S/C23H24N2O5/c1-3-29-23(27)25-14-18(20(24)21(25)22(26)28-2)13-16-9-11-19(12-10-16)30-15-17-7-5-4-6-8-17/h4-12,14H,3,13,15,24H2,1-2H3. The molecule has 3 aromatic rings. The van der Waals surface area contributed by atoms with Gasteiger partial charge in [-0.15, -0.1) is 0 Å². The Morgan fingerprint density at radius 2 is 1.70 bits per heavy atom. The SMILES string of the molecule is CCOC(=O)n1cc(Cc2ccc(OCc3ccccc3)cc2)c(N)c1C(=O)OC. The predicted molar refractivity (Wildman–Crippen MR) is 113 cm³/mol. The molecular formula is C23H24N2O5. The fraction of sp³-hybridized carbons (Fsp3) is 0.217. The maximum Gasteiger partial charge on any atom is 0.418 e. The van der Waals surface area contributed by atoms with Crippen LogP contribution >= 0.6 is 0 Å². The number of nitrogens with zero attached hydrogens (tertiary/aromatic N) is 1. The lowest BCUT2D eigenvalue weighted by Gasteiger charge is -2.07. The third kappa shape index (κ3) is 4.81. The van der Waals surface area contributed by atoms with Crippen LogP contribution in [0.15, 0.2) is 60.8 Å². The van der Waals surface area contributed by atoms with Crippen LogP contribution in [0, 0.1) is 0 Å². The lowest BCUT2D eigenvalue weighted by Crippen LogP contribution is -2.19. The summed E-state index contributed by atoms with van der Waals surface area (Å²) in [6, 6.07) is 17.5. The first-order valence-corrected chi connectivity index (χ1v) is 9.54. The van der Waals surface area contributed by atoms with Crippen molar-refractivity contribution < 1.29 is 23.8 Å². The Morgan fingerprint density at radius 1 is 1.00 bits per heavy atom. The first-order chi connectivity index (χ1) is 14.5. The Hall–Kier alpha value is -3.74. The third-order valence-corrected chi connectivity index (χ3v) is 4.54. The normalized spacial score (nSPS) is 10.5. The minimum atomic E-state index is -0.698. The van der Waals surface area contributed by atoms with E-state index in [-0.39, 0.29) is 18.0 Å². The van der Waals surface area contributed by atoms with Gasteiger partial charge < -0.3 is 19.9 Å². The minimum absolute atomic E-state index is 0.0336. The molecule has 0 aliphatic carbocycles. The number of methoxy groups -OCH3 is 1. The van der Waals surface area contributed by atoms with Crippen LogP contribution in [-0.2, 0) is 22.5 Å². The van der Waals surface area contributed by atoms with Gasteiger partial charge in [-0.25, -0.2) is 14.2 Å². The second-order valence-corrected chi connectivity index (χ2v) is 6.57. The van der Waals surface area contributed by atoms with E-state index in [2.05, 4.69) is 0 Å². The van der Waals surface area contributed by atoms with Crippen LogP contribution in [0.4, 0.5) is 10.5 Å². The number of anilines is 1. The van der Waals surface area contributed by atoms with E-state index in [1.807, 2.05) is 54.6 Å². The number of rotatable bonds is 7. The Morgan fingerprint density at radius 3 is 2.33 bits per heavy atom. The Balaban J connectivity index is 1.75. The van der Waals surface area contributed by atoms with Gasteiger partial charge in [0.15, 0.2) is 5.69 Å². The van der Waals surface area contributed by atoms with E-state index in [1.54, 1.807) is 6.92 Å². The van der Waals surface area contributed by atoms with Crippen LogP contribution in [0.5, 0.6) is 5.75 Å². The van der Waals surface area contributed by atoms with Gasteiger partial charge in [0.1, 0.15) is 12.4 Å². The van der Waals surface area contributed by atoms with Gasteiger partial charge in [-0.05, 0) is 35.7 Å². The summed E-state index contributed by atoms with van der Waals surface area (Å²) in [4.78, 5) is 24.3. The van der Waals surface area contributed by atoms with Crippen molar-refractivity contribution in [2.75, 3.05) is 19.5 Å². The molecule has 0 atom stereocenters. The molecule has 0 fully saturated rings. The van der Waals surface area contributed by atoms with Crippen LogP contribution < -0.4 is 10.5 Å². The van der Waals surface area contributed by atoms with Crippen molar-refractivity contribution in [3.05, 3.63) is 83.2 Å². The maximum absolute atomic E-state index is 12.2. The van der Waals surface area contributed by atoms with Gasteiger partial charge in [0.05, 0.1) is 19.4 Å². The first-order valence-electron chi connectivity index (χ1n) is 9.54. The third-order valence-electron chi connectivity index (χ3n) is 4.54. The molecule has 30 heavy (non-hydrogen) atoms. The molecule has 0 spiro atoms. The zero-order chi connectivity index (χ0) is 21.5. The van der Waals surface area contributed by atoms with Crippen molar-refractivity contribution in [1.82, 2.24) is 4.57 Å². The molecule has 0 aliphatic rings. The highest BCUT2D eigenvalue weighted by atomic mass is 16.6. The summed E-state index contributed by atoms with van der Waals surface area (Å²) < 4.78 is 16.7. The van der Waals surface area contributed by atoms with Gasteiger partial charge in [-0.1, -0.05) is 42.5 Å². The molecule has 2 N–H and O–H groups in total. The molecule has 0 bridgehead atoms. The second kappa shape index (κ2) is 9.65. The second-order valence-electron chi connectivity index (χ2n) is 6.57. The number of carbonyl (C=O) groups excluding carboxylic acids is 2. The number of ether oxygens (including phenoxy) is 3. The quantitative estimate of drug-likeness (QED) is 0.594. The number of benzene rings is 2. The largest absolute Gasteiger partial charge is 0.489 e. The molecule has 2 aromatic carbocycles. The number of hydrogen-bond acceptors (Lipinski definition) is 6. The molecule has 0 saturated carbocycles. The predicted octanol–water partition coefficient (Wildman–Crippen LogP) is 4.03. The Kier molecular flexibility index (Phi) is 6.75. The lowest BCUT2D eigenvalue weighted by molar-refractivity contribution is 0.0587. The smallest absolute Gasteiger partial charge is 0.418 e. The zero-order valence-corrected chi connectivity index (χ0v) is 17.0. The van der Waals surface area contributed by atoms with Gasteiger partial charge >= 0.3 is 12.1 Å². The van der Waals surface area contributed by atoms with Crippen molar-refractivity contribution in [2.45, 2.75) is 20.0 Å². The van der Waals surface area contributed by atoms with Crippen molar-refractivity contribution in [1.29, 1.82) is 0 Å². The molecule has 7 heteroatoms. The molecule has 156 valence electrons. The van der Waals surface area contributed by atoms with Gasteiger partial charge in [0.2, 0.25) is 0 Å². The lowest BCUT2D eigenvalue weighted by atomic mass is 10.1. The average molecular weight is 408 g/mol. The maximum atomic E-state index is 12.2. The fourth-order valence-electron chi connectivity index (χ4n) is 3.02. The van der Waals surface area contributed by atoms with Crippen molar-refractivity contribution >= 4 is 17.7 Å². The number of nitrogen functional groups attached to an aromatic ring is 1. The Bertz CT molecular complexity index is 1010. The summed E-state index contributed by atoms with van der Waals surface area (Å²) in [6.45, 7) is 2.35. The summed E-state index contributed by atoms with van der Waals surface area (Å²) in [5, 5.41) is 0. The summed E-state index contributed by atoms with van der Waals surface area (Å²) in [7, 11) is 1.23. The molecule has 0 radical (unpaired) electrons. The van der Waals surface area contributed by atoms with Gasteiger partial charge in [0, 0.05) is 12.6 Å². The topological polar surface area (TPSA) is 92.8 Å². The number of hydrogen-bond donors (Lipinski definition) is 1. The van der Waals surface area contributed by atoms with E-state index in [0.29, 0.717) is 18.6 Å². The molecular weight excluding hydrogens is 384 g/mol. The zero-order valence-electron chi connectivity index (χ0n) is 17.0. The van der Waals surface area contributed by atoms with Gasteiger partial charge in [-0.2, -0.15) is 0 Å². The number of aromatic nitrogens is 1. The minimum Gasteiger partial charge on any atom is -0.489 e. The highest BCUT2D eigenvalue weighted by Crippen LogP contribution is 2.25. The first kappa shape index (κ1) is 21.0. The van der Waals surface area contributed by atoms with Crippen molar-refractivity contribution in [3.8, 4) is 5.75 Å². The van der Waals surface area contributed by atoms with Crippen LogP contribution in [0.1, 0.15) is 34.1 Å². The average Bonchev–Trinajstić information content (AvgIpc) is 3.09. The summed E-state index contributed by atoms with van der Waals surface area (Å²) in [5.41, 5.74) is 8.97. The molecule has 0 saturated heterocycles. The van der Waals surface area contributed by atoms with Crippen LogP contribution in [-0.4, -0.2) is 30.3 Å². The van der Waals surface area contributed by atoms with E-state index < -0.39 is 12.1 Å². The van der Waals surface area contributed by atoms with Crippen LogP contribution in [0.25, 0.3) is 0 Å². The van der Waals surface area contributed by atoms with E-state index in [9.17, 15) is 9.59 Å². The molecule has 0 unspecified atom stereocenters. The van der Waals surface area contributed by atoms with Crippen LogP contribution in [0.3, 0.4) is 0 Å². The van der Waals surface area contributed by atoms with Crippen LogP contribution in [0.2, 0.25) is 0 Å². The van der Waals surface area contributed by atoms with E-state index >= 15 is 0 Å². The summed E-state index contributed by atoms with van der Waals surface area (Å²) in [6.07, 6.45) is 1.26.